The van der Waals surface area contributed by atoms with Crippen LogP contribution in [0.1, 0.15) is 24.5 Å². The fourth-order valence-electron chi connectivity index (χ4n) is 1.82. The highest BCUT2D eigenvalue weighted by molar-refractivity contribution is 5.45. The second kappa shape index (κ2) is 3.41. The lowest BCUT2D eigenvalue weighted by Crippen LogP contribution is -2.27. The maximum absolute atomic E-state index is 12.0. The third-order valence-corrected chi connectivity index (χ3v) is 2.85. The number of fused-ring (bicyclic) bond motifs is 1. The first-order valence-corrected chi connectivity index (χ1v) is 5.45. The van der Waals surface area contributed by atoms with Crippen molar-refractivity contribution in [3.05, 3.63) is 28.4 Å². The van der Waals surface area contributed by atoms with Crippen LogP contribution in [0.15, 0.2) is 17.2 Å². The molecule has 1 saturated carbocycles. The van der Waals surface area contributed by atoms with Gasteiger partial charge in [0.15, 0.2) is 0 Å². The summed E-state index contributed by atoms with van der Waals surface area (Å²) in [7, 11) is 0. The first-order chi connectivity index (χ1) is 7.79. The summed E-state index contributed by atoms with van der Waals surface area (Å²) in [6, 6.07) is 1.87. The minimum Gasteiger partial charge on any atom is -0.329 e. The van der Waals surface area contributed by atoms with Gasteiger partial charge in [-0.15, -0.1) is 0 Å². The van der Waals surface area contributed by atoms with Crippen molar-refractivity contribution in [2.24, 2.45) is 5.73 Å². The highest BCUT2D eigenvalue weighted by atomic mass is 16.1. The highest BCUT2D eigenvalue weighted by Crippen LogP contribution is 2.39. The predicted octanol–water partition coefficient (Wildman–Crippen LogP) is -0.273. The van der Waals surface area contributed by atoms with Crippen molar-refractivity contribution in [1.82, 2.24) is 19.4 Å². The lowest BCUT2D eigenvalue weighted by molar-refractivity contribution is 0.574. The summed E-state index contributed by atoms with van der Waals surface area (Å²) < 4.78 is 2.94. The third kappa shape index (κ3) is 1.42. The van der Waals surface area contributed by atoms with Crippen LogP contribution in [-0.2, 0) is 6.54 Å². The van der Waals surface area contributed by atoms with Crippen LogP contribution in [0.3, 0.4) is 0 Å². The molecule has 1 aliphatic carbocycles. The van der Waals surface area contributed by atoms with E-state index in [1.807, 2.05) is 6.07 Å². The third-order valence-electron chi connectivity index (χ3n) is 2.85. The average molecular weight is 219 g/mol. The SMILES string of the molecule is NCCn1ncn2nc(C3CC3)cc2c1=O. The van der Waals surface area contributed by atoms with E-state index in [4.69, 9.17) is 5.73 Å². The standard InChI is InChI=1S/C10H13N5O/c11-3-4-14-10(16)9-5-8(7-1-2-7)13-15(9)6-12-14/h5-7H,1-4,11H2. The molecule has 2 N–H and O–H groups in total. The summed E-state index contributed by atoms with van der Waals surface area (Å²) in [4.78, 5) is 12.0. The second-order valence-corrected chi connectivity index (χ2v) is 4.12. The summed E-state index contributed by atoms with van der Waals surface area (Å²) in [6.45, 7) is 0.853. The van der Waals surface area contributed by atoms with Crippen molar-refractivity contribution < 1.29 is 0 Å². The van der Waals surface area contributed by atoms with Crippen LogP contribution >= 0.6 is 0 Å². The van der Waals surface area contributed by atoms with E-state index in [0.29, 0.717) is 24.5 Å². The number of nitrogens with two attached hydrogens (primary N) is 1. The summed E-state index contributed by atoms with van der Waals surface area (Å²) >= 11 is 0. The summed E-state index contributed by atoms with van der Waals surface area (Å²) in [5.41, 5.74) is 6.89. The van der Waals surface area contributed by atoms with Crippen molar-refractivity contribution in [3.8, 4) is 0 Å². The molecule has 2 aromatic heterocycles. The molecular formula is C10H13N5O. The molecule has 84 valence electrons. The van der Waals surface area contributed by atoms with Crippen LogP contribution in [0.4, 0.5) is 0 Å². The molecule has 1 fully saturated rings. The van der Waals surface area contributed by atoms with Gasteiger partial charge in [0.2, 0.25) is 0 Å². The topological polar surface area (TPSA) is 78.2 Å². The fourth-order valence-corrected chi connectivity index (χ4v) is 1.82. The molecule has 0 bridgehead atoms. The van der Waals surface area contributed by atoms with Gasteiger partial charge in [0.05, 0.1) is 12.2 Å². The second-order valence-electron chi connectivity index (χ2n) is 4.12. The van der Waals surface area contributed by atoms with Gasteiger partial charge in [-0.1, -0.05) is 0 Å². The molecule has 6 heteroatoms. The fraction of sp³-hybridized carbons (Fsp3) is 0.500. The molecule has 3 rings (SSSR count). The minimum absolute atomic E-state index is 0.118. The summed E-state index contributed by atoms with van der Waals surface area (Å²) in [5, 5.41) is 8.36. The van der Waals surface area contributed by atoms with Crippen LogP contribution in [0.25, 0.3) is 5.52 Å². The maximum atomic E-state index is 12.0. The molecule has 2 heterocycles. The zero-order valence-corrected chi connectivity index (χ0v) is 8.83. The van der Waals surface area contributed by atoms with E-state index in [1.165, 1.54) is 17.5 Å². The zero-order chi connectivity index (χ0) is 11.1. The minimum atomic E-state index is -0.118. The molecule has 0 atom stereocenters. The number of rotatable bonds is 3. The van der Waals surface area contributed by atoms with Gasteiger partial charge >= 0.3 is 0 Å². The molecule has 2 aromatic rings. The van der Waals surface area contributed by atoms with Crippen LogP contribution in [0.2, 0.25) is 0 Å². The highest BCUT2D eigenvalue weighted by Gasteiger charge is 2.26. The Kier molecular flexibility index (Phi) is 2.03. The van der Waals surface area contributed by atoms with E-state index in [0.717, 1.165) is 5.69 Å². The molecular weight excluding hydrogens is 206 g/mol. The van der Waals surface area contributed by atoms with Gasteiger partial charge in [0.25, 0.3) is 5.56 Å². The average Bonchev–Trinajstić information content (AvgIpc) is 3.03. The first kappa shape index (κ1) is 9.53. The predicted molar refractivity (Wildman–Crippen MR) is 58.3 cm³/mol. The lowest BCUT2D eigenvalue weighted by Gasteiger charge is -2.00. The smallest absolute Gasteiger partial charge is 0.292 e. The Morgan fingerprint density at radius 3 is 3.00 bits per heavy atom. The molecule has 0 aromatic carbocycles. The molecule has 0 unspecified atom stereocenters. The van der Waals surface area contributed by atoms with Crippen LogP contribution in [0, 0.1) is 0 Å². The van der Waals surface area contributed by atoms with Crippen molar-refractivity contribution >= 4 is 5.52 Å². The molecule has 16 heavy (non-hydrogen) atoms. The molecule has 1 aliphatic rings. The number of nitrogens with zero attached hydrogens (tertiary/aromatic N) is 4. The quantitative estimate of drug-likeness (QED) is 0.770. The molecule has 6 nitrogen and oxygen atoms in total. The Morgan fingerprint density at radius 1 is 1.50 bits per heavy atom. The van der Waals surface area contributed by atoms with Gasteiger partial charge in [-0.25, -0.2) is 9.20 Å². The van der Waals surface area contributed by atoms with Gasteiger partial charge < -0.3 is 5.73 Å². The van der Waals surface area contributed by atoms with Crippen LogP contribution in [-0.4, -0.2) is 25.9 Å². The molecule has 0 spiro atoms. The Bertz CT molecular complexity index is 580. The molecule has 0 aliphatic heterocycles. The lowest BCUT2D eigenvalue weighted by atomic mass is 10.3. The van der Waals surface area contributed by atoms with Gasteiger partial charge in [-0.3, -0.25) is 4.79 Å². The Balaban J connectivity index is 2.15. The van der Waals surface area contributed by atoms with E-state index in [2.05, 4.69) is 10.2 Å². The van der Waals surface area contributed by atoms with Crippen molar-refractivity contribution in [3.63, 3.8) is 0 Å². The normalized spacial score (nSPS) is 15.8. The van der Waals surface area contributed by atoms with Gasteiger partial charge in [0.1, 0.15) is 11.8 Å². The zero-order valence-electron chi connectivity index (χ0n) is 8.83. The Morgan fingerprint density at radius 2 is 2.31 bits per heavy atom. The van der Waals surface area contributed by atoms with E-state index in [-0.39, 0.29) is 5.56 Å². The van der Waals surface area contributed by atoms with Gasteiger partial charge in [-0.2, -0.15) is 10.2 Å². The first-order valence-electron chi connectivity index (χ1n) is 5.45. The maximum Gasteiger partial charge on any atom is 0.292 e. The number of aromatic nitrogens is 4. The molecule has 0 amide bonds. The van der Waals surface area contributed by atoms with E-state index >= 15 is 0 Å². The van der Waals surface area contributed by atoms with Crippen molar-refractivity contribution in [2.45, 2.75) is 25.3 Å². The Labute approximate surface area is 91.7 Å². The van der Waals surface area contributed by atoms with Gasteiger partial charge in [-0.05, 0) is 18.9 Å². The van der Waals surface area contributed by atoms with Crippen molar-refractivity contribution in [1.29, 1.82) is 0 Å². The molecule has 0 saturated heterocycles. The number of hydrogen-bond acceptors (Lipinski definition) is 4. The van der Waals surface area contributed by atoms with Crippen LogP contribution in [0.5, 0.6) is 0 Å². The summed E-state index contributed by atoms with van der Waals surface area (Å²) in [5.74, 6) is 0.544. The Hall–Kier alpha value is -1.69. The largest absolute Gasteiger partial charge is 0.329 e. The molecule has 0 radical (unpaired) electrons. The van der Waals surface area contributed by atoms with Crippen molar-refractivity contribution in [2.75, 3.05) is 6.54 Å². The summed E-state index contributed by atoms with van der Waals surface area (Å²) in [6.07, 6.45) is 3.92. The van der Waals surface area contributed by atoms with E-state index in [9.17, 15) is 4.79 Å². The monoisotopic (exact) mass is 219 g/mol. The van der Waals surface area contributed by atoms with Gasteiger partial charge in [0, 0.05) is 12.5 Å². The number of hydrogen-bond donors (Lipinski definition) is 1. The van der Waals surface area contributed by atoms with E-state index < -0.39 is 0 Å². The van der Waals surface area contributed by atoms with Crippen LogP contribution < -0.4 is 11.3 Å². The van der Waals surface area contributed by atoms with E-state index in [1.54, 1.807) is 10.8 Å².